The predicted molar refractivity (Wildman–Crippen MR) is 111 cm³/mol. The Balaban J connectivity index is 1.41. The van der Waals surface area contributed by atoms with E-state index in [0.717, 1.165) is 17.6 Å². The number of aromatic nitrogens is 1. The number of pyridine rings is 1. The molecular formula is C23H22FN3O2. The van der Waals surface area contributed by atoms with Crippen LogP contribution in [0, 0.1) is 5.82 Å². The molecule has 0 radical (unpaired) electrons. The van der Waals surface area contributed by atoms with Crippen LogP contribution in [0.25, 0.3) is 10.9 Å². The first kappa shape index (κ1) is 17.9. The van der Waals surface area contributed by atoms with Gasteiger partial charge in [0.15, 0.2) is 0 Å². The molecule has 3 aromatic rings. The minimum Gasteiger partial charge on any atom is -0.368 e. The lowest BCUT2D eigenvalue weighted by atomic mass is 10.1. The summed E-state index contributed by atoms with van der Waals surface area (Å²) in [5, 5.41) is 0.627. The third-order valence-electron chi connectivity index (χ3n) is 6.11. The van der Waals surface area contributed by atoms with Gasteiger partial charge in [-0.3, -0.25) is 9.59 Å². The van der Waals surface area contributed by atoms with Crippen LogP contribution < -0.4 is 10.3 Å². The molecule has 0 saturated carbocycles. The SMILES string of the molecule is C[C@@H]1Cc2cccc3c(=O)c(C(=O)N4CCN(c5ccc(F)cc5)CC4)cn1c23. The van der Waals surface area contributed by atoms with Gasteiger partial charge in [0.25, 0.3) is 5.91 Å². The summed E-state index contributed by atoms with van der Waals surface area (Å²) in [5.41, 5.74) is 3.14. The largest absolute Gasteiger partial charge is 0.368 e. The van der Waals surface area contributed by atoms with E-state index in [1.54, 1.807) is 23.2 Å². The molecule has 1 amide bonds. The normalized spacial score (nSPS) is 18.5. The summed E-state index contributed by atoms with van der Waals surface area (Å²) in [6.07, 6.45) is 2.63. The Hall–Kier alpha value is -3.15. The Kier molecular flexibility index (Phi) is 4.15. The second kappa shape index (κ2) is 6.72. The van der Waals surface area contributed by atoms with E-state index >= 15 is 0 Å². The number of benzene rings is 2. The molecule has 3 heterocycles. The lowest BCUT2D eigenvalue weighted by molar-refractivity contribution is 0.0745. The Morgan fingerprint density at radius 1 is 1.03 bits per heavy atom. The van der Waals surface area contributed by atoms with E-state index in [0.29, 0.717) is 31.6 Å². The summed E-state index contributed by atoms with van der Waals surface area (Å²) in [6, 6.07) is 12.4. The topological polar surface area (TPSA) is 45.6 Å². The van der Waals surface area contributed by atoms with Crippen molar-refractivity contribution in [1.82, 2.24) is 9.47 Å². The molecule has 2 aliphatic heterocycles. The van der Waals surface area contributed by atoms with E-state index in [1.807, 2.05) is 12.1 Å². The van der Waals surface area contributed by atoms with Crippen molar-refractivity contribution in [3.05, 3.63) is 75.8 Å². The number of hydrogen-bond acceptors (Lipinski definition) is 3. The van der Waals surface area contributed by atoms with Crippen LogP contribution in [0.4, 0.5) is 10.1 Å². The molecule has 148 valence electrons. The summed E-state index contributed by atoms with van der Waals surface area (Å²) in [6.45, 7) is 4.48. The van der Waals surface area contributed by atoms with Gasteiger partial charge in [0.1, 0.15) is 11.4 Å². The van der Waals surface area contributed by atoms with Gasteiger partial charge in [-0.25, -0.2) is 4.39 Å². The molecule has 0 bridgehead atoms. The lowest BCUT2D eigenvalue weighted by Crippen LogP contribution is -2.49. The second-order valence-electron chi connectivity index (χ2n) is 7.90. The zero-order valence-electron chi connectivity index (χ0n) is 16.3. The van der Waals surface area contributed by atoms with E-state index in [2.05, 4.69) is 22.5 Å². The minimum absolute atomic E-state index is 0.182. The third-order valence-corrected chi connectivity index (χ3v) is 6.11. The number of piperazine rings is 1. The molecule has 29 heavy (non-hydrogen) atoms. The van der Waals surface area contributed by atoms with Crippen LogP contribution >= 0.6 is 0 Å². The zero-order chi connectivity index (χ0) is 20.1. The maximum atomic E-state index is 13.2. The number of para-hydroxylation sites is 1. The first-order chi connectivity index (χ1) is 14.0. The fraction of sp³-hybridized carbons (Fsp3) is 0.304. The van der Waals surface area contributed by atoms with E-state index in [4.69, 9.17) is 0 Å². The Morgan fingerprint density at radius 2 is 1.76 bits per heavy atom. The quantitative estimate of drug-likeness (QED) is 0.674. The number of halogens is 1. The standard InChI is InChI=1S/C23H22FN3O2/c1-15-13-16-3-2-4-19-21(16)27(15)14-20(22(19)28)23(29)26-11-9-25(10-12-26)18-7-5-17(24)6-8-18/h2-8,14-15H,9-13H2,1H3/t15-/m1/s1. The fourth-order valence-corrected chi connectivity index (χ4v) is 4.56. The van der Waals surface area contributed by atoms with Crippen molar-refractivity contribution in [1.29, 1.82) is 0 Å². The van der Waals surface area contributed by atoms with Gasteiger partial charge in [-0.2, -0.15) is 0 Å². The summed E-state index contributed by atoms with van der Waals surface area (Å²) in [5.74, 6) is -0.464. The van der Waals surface area contributed by atoms with Gasteiger partial charge >= 0.3 is 0 Å². The first-order valence-electron chi connectivity index (χ1n) is 9.99. The summed E-state index contributed by atoms with van der Waals surface area (Å²) in [4.78, 5) is 30.1. The molecule has 1 saturated heterocycles. The van der Waals surface area contributed by atoms with Crippen molar-refractivity contribution < 1.29 is 9.18 Å². The molecular weight excluding hydrogens is 369 g/mol. The van der Waals surface area contributed by atoms with E-state index in [-0.39, 0.29) is 28.8 Å². The Bertz CT molecular complexity index is 1160. The molecule has 1 fully saturated rings. The molecule has 5 rings (SSSR count). The second-order valence-corrected chi connectivity index (χ2v) is 7.90. The monoisotopic (exact) mass is 391 g/mol. The number of rotatable bonds is 2. The van der Waals surface area contributed by atoms with Crippen molar-refractivity contribution in [3.8, 4) is 0 Å². The predicted octanol–water partition coefficient (Wildman–Crippen LogP) is 3.22. The lowest BCUT2D eigenvalue weighted by Gasteiger charge is -2.36. The fourth-order valence-electron chi connectivity index (χ4n) is 4.56. The highest BCUT2D eigenvalue weighted by atomic mass is 19.1. The van der Waals surface area contributed by atoms with Gasteiger partial charge in [-0.15, -0.1) is 0 Å². The molecule has 0 N–H and O–H groups in total. The average Bonchev–Trinajstić information content (AvgIpc) is 3.07. The highest BCUT2D eigenvalue weighted by Crippen LogP contribution is 2.31. The van der Waals surface area contributed by atoms with Gasteiger partial charge < -0.3 is 14.4 Å². The van der Waals surface area contributed by atoms with Crippen molar-refractivity contribution in [2.45, 2.75) is 19.4 Å². The number of carbonyl (C=O) groups is 1. The van der Waals surface area contributed by atoms with Gasteiger partial charge in [-0.1, -0.05) is 12.1 Å². The number of hydrogen-bond donors (Lipinski definition) is 0. The Morgan fingerprint density at radius 3 is 2.48 bits per heavy atom. The van der Waals surface area contributed by atoms with Crippen LogP contribution in [-0.4, -0.2) is 41.6 Å². The summed E-state index contributed by atoms with van der Waals surface area (Å²) in [7, 11) is 0. The van der Waals surface area contributed by atoms with Crippen molar-refractivity contribution in [2.75, 3.05) is 31.1 Å². The van der Waals surface area contributed by atoms with Crippen LogP contribution in [0.5, 0.6) is 0 Å². The maximum absolute atomic E-state index is 13.2. The van der Waals surface area contributed by atoms with Crippen molar-refractivity contribution in [2.24, 2.45) is 0 Å². The molecule has 2 aliphatic rings. The molecule has 1 atom stereocenters. The third kappa shape index (κ3) is 2.90. The highest BCUT2D eigenvalue weighted by Gasteiger charge is 2.28. The number of nitrogens with zero attached hydrogens (tertiary/aromatic N) is 3. The Labute approximate surface area is 168 Å². The highest BCUT2D eigenvalue weighted by molar-refractivity contribution is 5.98. The van der Waals surface area contributed by atoms with Crippen LogP contribution in [0.2, 0.25) is 0 Å². The van der Waals surface area contributed by atoms with Crippen LogP contribution in [0.1, 0.15) is 28.9 Å². The number of anilines is 1. The van der Waals surface area contributed by atoms with Gasteiger partial charge in [-0.05, 0) is 49.2 Å². The minimum atomic E-state index is -0.259. The van der Waals surface area contributed by atoms with Crippen molar-refractivity contribution in [3.63, 3.8) is 0 Å². The molecule has 0 spiro atoms. The summed E-state index contributed by atoms with van der Waals surface area (Å²) >= 11 is 0. The number of amides is 1. The van der Waals surface area contributed by atoms with E-state index in [9.17, 15) is 14.0 Å². The molecule has 0 aliphatic carbocycles. The summed E-state index contributed by atoms with van der Waals surface area (Å²) < 4.78 is 15.2. The van der Waals surface area contributed by atoms with E-state index in [1.165, 1.54) is 17.7 Å². The molecule has 6 heteroatoms. The maximum Gasteiger partial charge on any atom is 0.259 e. The van der Waals surface area contributed by atoms with Gasteiger partial charge in [0.05, 0.1) is 5.52 Å². The molecule has 1 aromatic heterocycles. The molecule has 2 aromatic carbocycles. The van der Waals surface area contributed by atoms with Gasteiger partial charge in [0, 0.05) is 49.5 Å². The molecule has 0 unspecified atom stereocenters. The van der Waals surface area contributed by atoms with Gasteiger partial charge in [0.2, 0.25) is 5.43 Å². The smallest absolute Gasteiger partial charge is 0.259 e. The average molecular weight is 391 g/mol. The molecule has 5 nitrogen and oxygen atoms in total. The first-order valence-corrected chi connectivity index (χ1v) is 9.99. The van der Waals surface area contributed by atoms with Crippen molar-refractivity contribution >= 4 is 22.5 Å². The van der Waals surface area contributed by atoms with Crippen LogP contribution in [-0.2, 0) is 6.42 Å². The number of carbonyl (C=O) groups excluding carboxylic acids is 1. The van der Waals surface area contributed by atoms with Crippen LogP contribution in [0.15, 0.2) is 53.5 Å². The van der Waals surface area contributed by atoms with Crippen LogP contribution in [0.3, 0.4) is 0 Å². The van der Waals surface area contributed by atoms with E-state index < -0.39 is 0 Å². The zero-order valence-corrected chi connectivity index (χ0v) is 16.3.